The van der Waals surface area contributed by atoms with E-state index in [1.54, 1.807) is 6.92 Å². The number of rotatable bonds is 0. The van der Waals surface area contributed by atoms with Gasteiger partial charge < -0.3 is 15.9 Å². The quantitative estimate of drug-likeness (QED) is 0.304. The molecular formula is C4H14BNO3. The number of hydrogen-bond acceptors (Lipinski definition) is 3. The minimum atomic E-state index is -0.250. The fourth-order valence-electron chi connectivity index (χ4n) is 0. The summed E-state index contributed by atoms with van der Waals surface area (Å²) in [7, 11) is 4.00. The zero-order valence-corrected chi connectivity index (χ0v) is 4.74. The molecule has 0 aromatic heterocycles. The van der Waals surface area contributed by atoms with Crippen molar-refractivity contribution in [1.82, 2.24) is 0 Å². The molecule has 4 N–H and O–H groups in total. The highest BCUT2D eigenvalue weighted by atomic mass is 16.3. The molecule has 2 radical (unpaired) electrons. The van der Waals surface area contributed by atoms with E-state index in [0.29, 0.717) is 0 Å². The second kappa shape index (κ2) is 147. The molecule has 0 fully saturated rings. The van der Waals surface area contributed by atoms with Crippen molar-refractivity contribution >= 4 is 14.5 Å². The van der Waals surface area contributed by atoms with Crippen LogP contribution >= 0.6 is 0 Å². The Morgan fingerprint density at radius 1 is 1.67 bits per heavy atom. The third-order valence-electron chi connectivity index (χ3n) is 0. The summed E-state index contributed by atoms with van der Waals surface area (Å²) < 4.78 is 0. The molecule has 0 aliphatic rings. The minimum absolute atomic E-state index is 0. The number of hydrogen-bond donors (Lipinski definition) is 3. The summed E-state index contributed by atoms with van der Waals surface area (Å²) in [6.07, 6.45) is 0. The van der Waals surface area contributed by atoms with Crippen LogP contribution in [0.3, 0.4) is 0 Å². The Morgan fingerprint density at radius 2 is 1.67 bits per heavy atom. The zero-order chi connectivity index (χ0) is 7.41. The van der Waals surface area contributed by atoms with Gasteiger partial charge in [-0.25, -0.2) is 0 Å². The van der Waals surface area contributed by atoms with E-state index in [4.69, 9.17) is 15.0 Å². The van der Waals surface area contributed by atoms with E-state index in [2.05, 4.69) is 13.6 Å². The highest BCUT2D eigenvalue weighted by Gasteiger charge is 1.34. The predicted octanol–water partition coefficient (Wildman–Crippen LogP) is -0.636. The van der Waals surface area contributed by atoms with E-state index >= 15 is 0 Å². The Hall–Kier alpha value is -0.545. The van der Waals surface area contributed by atoms with Gasteiger partial charge in [-0.15, -0.1) is 0 Å². The summed E-state index contributed by atoms with van der Waals surface area (Å²) in [4.78, 5) is 8.36. The van der Waals surface area contributed by atoms with Crippen LogP contribution in [0.1, 0.15) is 14.4 Å². The van der Waals surface area contributed by atoms with Crippen LogP contribution in [-0.2, 0) is 4.79 Å². The fraction of sp³-hybridized carbons (Fsp3) is 0.750. The Morgan fingerprint density at radius 3 is 1.67 bits per heavy atom. The van der Waals surface area contributed by atoms with E-state index in [1.807, 2.05) is 0 Å². The fourth-order valence-corrected chi connectivity index (χ4v) is 0. The largest absolute Gasteiger partial charge is 0.483 e. The molecule has 4 nitrogen and oxygen atoms in total. The topological polar surface area (TPSA) is 83.5 Å². The molecule has 0 aromatic carbocycles. The van der Waals surface area contributed by atoms with Gasteiger partial charge in [-0.05, 0) is 6.92 Å². The van der Waals surface area contributed by atoms with Gasteiger partial charge in [0.1, 0.15) is 0 Å². The van der Waals surface area contributed by atoms with Crippen molar-refractivity contribution in [1.29, 1.82) is 0 Å². The maximum Gasteiger partial charge on any atom is 0.290 e. The molecule has 0 spiro atoms. The van der Waals surface area contributed by atoms with Crippen molar-refractivity contribution in [3.8, 4) is 0 Å². The van der Waals surface area contributed by atoms with Gasteiger partial charge in [-0.2, -0.15) is 0 Å². The van der Waals surface area contributed by atoms with Crippen LogP contribution in [-0.4, -0.2) is 31.3 Å². The van der Waals surface area contributed by atoms with Crippen molar-refractivity contribution < 1.29 is 15.0 Å². The Bertz CT molecular complexity index is 29.8. The van der Waals surface area contributed by atoms with Crippen molar-refractivity contribution in [3.63, 3.8) is 0 Å². The molecule has 0 amide bonds. The van der Waals surface area contributed by atoms with Gasteiger partial charge in [0.2, 0.25) is 0 Å². The molecule has 0 atom stereocenters. The summed E-state index contributed by atoms with van der Waals surface area (Å²) in [6, 6.07) is 0. The Labute approximate surface area is 57.1 Å². The van der Waals surface area contributed by atoms with Crippen LogP contribution in [0, 0.1) is 0 Å². The predicted molar refractivity (Wildman–Crippen MR) is 38.1 cm³/mol. The second-order valence-corrected chi connectivity index (χ2v) is 0.422. The van der Waals surface area contributed by atoms with Gasteiger partial charge in [-0.1, -0.05) is 7.43 Å². The highest BCUT2D eigenvalue weighted by Crippen LogP contribution is 1.30. The lowest BCUT2D eigenvalue weighted by Crippen LogP contribution is -1.75. The third kappa shape index (κ3) is 747. The molecule has 56 valence electrons. The second-order valence-electron chi connectivity index (χ2n) is 0.422. The smallest absolute Gasteiger partial charge is 0.290 e. The summed E-state index contributed by atoms with van der Waals surface area (Å²) in [5, 5.41) is 14.5. The lowest BCUT2D eigenvalue weighted by molar-refractivity contribution is -0.122. The van der Waals surface area contributed by atoms with Crippen LogP contribution in [0.2, 0.25) is 0 Å². The van der Waals surface area contributed by atoms with Crippen LogP contribution in [0.15, 0.2) is 0 Å². The number of aliphatic hydroxyl groups excluding tert-OH is 1. The summed E-state index contributed by atoms with van der Waals surface area (Å²) >= 11 is 0. The van der Waals surface area contributed by atoms with E-state index in [-0.39, 0.29) is 20.5 Å². The molecule has 5 heteroatoms. The molecule has 0 aliphatic heterocycles. The standard InChI is InChI=1S/C2H6O.CH2O2.CH4.BH2N/c1-2-3;2-1-3;;1-2/h3H,2H2,1H3;1H,(H,2,3);1H4;2H2. The first-order valence-electron chi connectivity index (χ1n) is 1.85. The third-order valence-corrected chi connectivity index (χ3v) is 0. The van der Waals surface area contributed by atoms with Crippen LogP contribution < -0.4 is 5.64 Å². The Balaban J connectivity index is -0.0000000202. The molecule has 0 aromatic rings. The number of carboxylic acid groups (broad SMARTS) is 1. The molecule has 0 saturated heterocycles. The monoisotopic (exact) mass is 135 g/mol. The normalized spacial score (nSPS) is 3.89. The summed E-state index contributed by atoms with van der Waals surface area (Å²) in [5.74, 6) is 0. The summed E-state index contributed by atoms with van der Waals surface area (Å²) in [5.41, 5.74) is 4.00. The molecule has 0 rings (SSSR count). The van der Waals surface area contributed by atoms with Crippen molar-refractivity contribution in [3.05, 3.63) is 0 Å². The SMILES string of the molecule is C.CCO.O=CO.[B]N. The molecule has 0 bridgehead atoms. The minimum Gasteiger partial charge on any atom is -0.483 e. The van der Waals surface area contributed by atoms with Crippen molar-refractivity contribution in [2.45, 2.75) is 14.4 Å². The van der Waals surface area contributed by atoms with Gasteiger partial charge in [0.15, 0.2) is 7.98 Å². The average Bonchev–Trinajstić information content (AvgIpc) is 1.75. The van der Waals surface area contributed by atoms with Gasteiger partial charge in [-0.3, -0.25) is 4.79 Å². The first kappa shape index (κ1) is 23.7. The van der Waals surface area contributed by atoms with E-state index in [9.17, 15) is 0 Å². The molecule has 0 saturated carbocycles. The van der Waals surface area contributed by atoms with E-state index in [0.717, 1.165) is 0 Å². The Kier molecular flexibility index (Phi) is 386. The highest BCUT2D eigenvalue weighted by molar-refractivity contribution is 6.02. The number of aliphatic hydroxyl groups is 1. The van der Waals surface area contributed by atoms with Crippen molar-refractivity contribution in [2.75, 3.05) is 6.61 Å². The maximum atomic E-state index is 8.36. The van der Waals surface area contributed by atoms with Crippen LogP contribution in [0.25, 0.3) is 0 Å². The molecule has 0 heterocycles. The number of carbonyl (C=O) groups is 1. The van der Waals surface area contributed by atoms with E-state index < -0.39 is 0 Å². The van der Waals surface area contributed by atoms with Crippen LogP contribution in [0.4, 0.5) is 0 Å². The molecule has 9 heavy (non-hydrogen) atoms. The van der Waals surface area contributed by atoms with Gasteiger partial charge in [0, 0.05) is 6.61 Å². The molecule has 0 aliphatic carbocycles. The zero-order valence-electron chi connectivity index (χ0n) is 4.74. The number of nitrogens with two attached hydrogens (primary N) is 1. The lowest BCUT2D eigenvalue weighted by Gasteiger charge is -1.52. The van der Waals surface area contributed by atoms with Gasteiger partial charge in [0.25, 0.3) is 6.47 Å². The average molecular weight is 135 g/mol. The molecule has 0 unspecified atom stereocenters. The van der Waals surface area contributed by atoms with Gasteiger partial charge >= 0.3 is 0 Å². The van der Waals surface area contributed by atoms with Crippen LogP contribution in [0.5, 0.6) is 0 Å². The molecular weight excluding hydrogens is 121 g/mol. The first-order chi connectivity index (χ1) is 3.83. The van der Waals surface area contributed by atoms with Gasteiger partial charge in [0.05, 0.1) is 0 Å². The van der Waals surface area contributed by atoms with E-state index in [1.165, 1.54) is 0 Å². The maximum absolute atomic E-state index is 8.36. The summed E-state index contributed by atoms with van der Waals surface area (Å²) in [6.45, 7) is 1.68. The lowest BCUT2D eigenvalue weighted by atomic mass is 10.5. The first-order valence-corrected chi connectivity index (χ1v) is 1.85. The van der Waals surface area contributed by atoms with Crippen molar-refractivity contribution in [2.24, 2.45) is 5.64 Å².